The van der Waals surface area contributed by atoms with Crippen LogP contribution in [0.5, 0.6) is 0 Å². The van der Waals surface area contributed by atoms with Crippen LogP contribution in [0.1, 0.15) is 18.4 Å². The molecule has 1 N–H and O–H groups in total. The Balaban J connectivity index is 2.56. The van der Waals surface area contributed by atoms with Crippen LogP contribution in [0.25, 0.3) is 0 Å². The van der Waals surface area contributed by atoms with Crippen LogP contribution in [0, 0.1) is 0 Å². The van der Waals surface area contributed by atoms with Gasteiger partial charge in [-0.25, -0.2) is 0 Å². The fraction of sp³-hybridized carbons (Fsp3) is 0.364. The molecular weight excluding hydrogens is 276 g/mol. The van der Waals surface area contributed by atoms with Crippen LogP contribution < -0.4 is 0 Å². The van der Waals surface area contributed by atoms with Gasteiger partial charge in [-0.1, -0.05) is 22.0 Å². The molecule has 80 valence electrons. The first-order valence-electron chi connectivity index (χ1n) is 4.68. The SMILES string of the molecule is CSc1cccc(Br)c1C1(C(=O)O)CC1. The number of benzene rings is 1. The van der Waals surface area contributed by atoms with Gasteiger partial charge in [-0.05, 0) is 36.8 Å². The average Bonchev–Trinajstić information content (AvgIpc) is 2.98. The van der Waals surface area contributed by atoms with Crippen LogP contribution in [0.15, 0.2) is 27.6 Å². The standard InChI is InChI=1S/C11H11BrO2S/c1-15-8-4-2-3-7(12)9(8)11(5-6-11)10(13)14/h2-4H,5-6H2,1H3,(H,13,14). The number of carboxylic acids is 1. The van der Waals surface area contributed by atoms with Gasteiger partial charge in [-0.3, -0.25) is 4.79 Å². The van der Waals surface area contributed by atoms with E-state index in [1.165, 1.54) is 0 Å². The summed E-state index contributed by atoms with van der Waals surface area (Å²) in [6, 6.07) is 5.84. The van der Waals surface area contributed by atoms with Crippen LogP contribution in [0.3, 0.4) is 0 Å². The molecular formula is C11H11BrO2S. The van der Waals surface area contributed by atoms with E-state index >= 15 is 0 Å². The molecule has 0 spiro atoms. The normalized spacial score (nSPS) is 17.5. The van der Waals surface area contributed by atoms with Crippen molar-refractivity contribution in [1.29, 1.82) is 0 Å². The van der Waals surface area contributed by atoms with E-state index < -0.39 is 11.4 Å². The topological polar surface area (TPSA) is 37.3 Å². The third-order valence-corrected chi connectivity index (χ3v) is 4.27. The van der Waals surface area contributed by atoms with Crippen molar-refractivity contribution in [2.75, 3.05) is 6.26 Å². The van der Waals surface area contributed by atoms with Crippen LogP contribution in [-0.4, -0.2) is 17.3 Å². The third kappa shape index (κ3) is 1.70. The summed E-state index contributed by atoms with van der Waals surface area (Å²) in [5.41, 5.74) is 0.323. The van der Waals surface area contributed by atoms with Gasteiger partial charge < -0.3 is 5.11 Å². The smallest absolute Gasteiger partial charge is 0.314 e. The van der Waals surface area contributed by atoms with Crippen molar-refractivity contribution in [2.45, 2.75) is 23.2 Å². The predicted molar refractivity (Wildman–Crippen MR) is 64.5 cm³/mol. The molecule has 0 bridgehead atoms. The Bertz CT molecular complexity index is 413. The number of hydrogen-bond donors (Lipinski definition) is 1. The maximum atomic E-state index is 11.3. The van der Waals surface area contributed by atoms with Crippen molar-refractivity contribution < 1.29 is 9.90 Å². The Labute approximate surface area is 101 Å². The molecule has 0 aliphatic heterocycles. The van der Waals surface area contributed by atoms with E-state index in [1.54, 1.807) is 11.8 Å². The van der Waals surface area contributed by atoms with Gasteiger partial charge in [0.2, 0.25) is 0 Å². The number of halogens is 1. The molecule has 1 saturated carbocycles. The predicted octanol–water partition coefficient (Wildman–Crippen LogP) is 3.29. The molecule has 15 heavy (non-hydrogen) atoms. The summed E-state index contributed by atoms with van der Waals surface area (Å²) in [6.45, 7) is 0. The zero-order chi connectivity index (χ0) is 11.1. The van der Waals surface area contributed by atoms with E-state index in [2.05, 4.69) is 15.9 Å². The Hall–Kier alpha value is -0.480. The highest BCUT2D eigenvalue weighted by molar-refractivity contribution is 9.10. The summed E-state index contributed by atoms with van der Waals surface area (Å²) in [4.78, 5) is 12.3. The molecule has 2 nitrogen and oxygen atoms in total. The highest BCUT2D eigenvalue weighted by Gasteiger charge is 2.53. The number of aliphatic carboxylic acids is 1. The molecule has 0 unspecified atom stereocenters. The fourth-order valence-corrected chi connectivity index (χ4v) is 3.44. The lowest BCUT2D eigenvalue weighted by Gasteiger charge is -2.16. The molecule has 2 rings (SSSR count). The van der Waals surface area contributed by atoms with E-state index in [-0.39, 0.29) is 0 Å². The fourth-order valence-electron chi connectivity index (χ4n) is 1.83. The maximum absolute atomic E-state index is 11.3. The Morgan fingerprint density at radius 3 is 2.67 bits per heavy atom. The van der Waals surface area contributed by atoms with Crippen molar-refractivity contribution in [3.8, 4) is 0 Å². The van der Waals surface area contributed by atoms with Crippen LogP contribution in [0.4, 0.5) is 0 Å². The van der Waals surface area contributed by atoms with Crippen molar-refractivity contribution >= 4 is 33.7 Å². The number of carboxylic acid groups (broad SMARTS) is 1. The molecule has 0 radical (unpaired) electrons. The van der Waals surface area contributed by atoms with Crippen LogP contribution in [0.2, 0.25) is 0 Å². The molecule has 1 fully saturated rings. The minimum atomic E-state index is -0.704. The average molecular weight is 287 g/mol. The second-order valence-electron chi connectivity index (χ2n) is 3.70. The quantitative estimate of drug-likeness (QED) is 0.867. The molecule has 0 amide bonds. The first-order valence-corrected chi connectivity index (χ1v) is 6.70. The molecule has 4 heteroatoms. The third-order valence-electron chi connectivity index (χ3n) is 2.83. The molecule has 0 heterocycles. The Kier molecular flexibility index (Phi) is 2.81. The summed E-state index contributed by atoms with van der Waals surface area (Å²) < 4.78 is 0.911. The van der Waals surface area contributed by atoms with E-state index in [0.29, 0.717) is 0 Å². The van der Waals surface area contributed by atoms with E-state index in [0.717, 1.165) is 27.8 Å². The summed E-state index contributed by atoms with van der Waals surface area (Å²) in [6.07, 6.45) is 3.47. The zero-order valence-electron chi connectivity index (χ0n) is 8.29. The number of rotatable bonds is 3. The number of hydrogen-bond acceptors (Lipinski definition) is 2. The zero-order valence-corrected chi connectivity index (χ0v) is 10.7. The van der Waals surface area contributed by atoms with Gasteiger partial charge in [-0.15, -0.1) is 11.8 Å². The lowest BCUT2D eigenvalue weighted by atomic mass is 9.96. The number of carbonyl (C=O) groups is 1. The lowest BCUT2D eigenvalue weighted by Crippen LogP contribution is -2.20. The second-order valence-corrected chi connectivity index (χ2v) is 5.41. The monoisotopic (exact) mass is 286 g/mol. The Morgan fingerprint density at radius 2 is 2.20 bits per heavy atom. The van der Waals surface area contributed by atoms with Gasteiger partial charge in [-0.2, -0.15) is 0 Å². The van der Waals surface area contributed by atoms with E-state index in [1.807, 2.05) is 24.5 Å². The first-order chi connectivity index (χ1) is 7.12. The second kappa shape index (κ2) is 3.83. The molecule has 1 aliphatic rings. The summed E-state index contributed by atoms with van der Waals surface area (Å²) in [5, 5.41) is 9.27. The number of thioether (sulfide) groups is 1. The first kappa shape index (κ1) is 11.0. The molecule has 0 atom stereocenters. The lowest BCUT2D eigenvalue weighted by molar-refractivity contribution is -0.140. The molecule has 1 aliphatic carbocycles. The molecule has 1 aromatic carbocycles. The van der Waals surface area contributed by atoms with Crippen molar-refractivity contribution in [1.82, 2.24) is 0 Å². The highest BCUT2D eigenvalue weighted by Crippen LogP contribution is 2.53. The Morgan fingerprint density at radius 1 is 1.53 bits per heavy atom. The van der Waals surface area contributed by atoms with Crippen molar-refractivity contribution in [3.63, 3.8) is 0 Å². The minimum Gasteiger partial charge on any atom is -0.481 e. The maximum Gasteiger partial charge on any atom is 0.314 e. The molecule has 0 aromatic heterocycles. The van der Waals surface area contributed by atoms with Crippen molar-refractivity contribution in [3.05, 3.63) is 28.2 Å². The van der Waals surface area contributed by atoms with Crippen LogP contribution in [-0.2, 0) is 10.2 Å². The van der Waals surface area contributed by atoms with Crippen LogP contribution >= 0.6 is 27.7 Å². The van der Waals surface area contributed by atoms with E-state index in [4.69, 9.17) is 0 Å². The van der Waals surface area contributed by atoms with Gasteiger partial charge in [0.15, 0.2) is 0 Å². The summed E-state index contributed by atoms with van der Waals surface area (Å²) in [5.74, 6) is -0.704. The summed E-state index contributed by atoms with van der Waals surface area (Å²) in [7, 11) is 0. The van der Waals surface area contributed by atoms with Gasteiger partial charge in [0.1, 0.15) is 0 Å². The van der Waals surface area contributed by atoms with Gasteiger partial charge >= 0.3 is 5.97 Å². The highest BCUT2D eigenvalue weighted by atomic mass is 79.9. The van der Waals surface area contributed by atoms with Gasteiger partial charge in [0, 0.05) is 9.37 Å². The van der Waals surface area contributed by atoms with Gasteiger partial charge in [0.05, 0.1) is 5.41 Å². The largest absolute Gasteiger partial charge is 0.481 e. The van der Waals surface area contributed by atoms with Gasteiger partial charge in [0.25, 0.3) is 0 Å². The van der Waals surface area contributed by atoms with Crippen molar-refractivity contribution in [2.24, 2.45) is 0 Å². The summed E-state index contributed by atoms with van der Waals surface area (Å²) >= 11 is 5.06. The molecule has 1 aromatic rings. The van der Waals surface area contributed by atoms with E-state index in [9.17, 15) is 9.90 Å². The minimum absolute atomic E-state index is 0.627. The molecule has 0 saturated heterocycles.